The topological polar surface area (TPSA) is 51.8 Å². The van der Waals surface area contributed by atoms with Crippen molar-refractivity contribution in [3.05, 3.63) is 24.3 Å². The molecule has 0 spiro atoms. The normalized spacial score (nSPS) is 13.2. The monoisotopic (exact) mass is 179 g/mol. The van der Waals surface area contributed by atoms with E-state index in [0.29, 0.717) is 5.92 Å². The summed E-state index contributed by atoms with van der Waals surface area (Å²) in [5.74, 6) is 1.25. The molecule has 0 aromatic carbocycles. The smallest absolute Gasteiger partial charge is 0.145 e. The van der Waals surface area contributed by atoms with Crippen molar-refractivity contribution in [2.75, 3.05) is 0 Å². The standard InChI is InChI=1S/C10H17N3/c1-3-8(4-2)9(11)10-12-6-5-7-13-10/h5-9H,3-4,11H2,1-2H3. The van der Waals surface area contributed by atoms with Gasteiger partial charge >= 0.3 is 0 Å². The lowest BCUT2D eigenvalue weighted by molar-refractivity contribution is 0.391. The van der Waals surface area contributed by atoms with Crippen molar-refractivity contribution in [1.82, 2.24) is 9.97 Å². The van der Waals surface area contributed by atoms with E-state index in [1.807, 2.05) is 6.07 Å². The van der Waals surface area contributed by atoms with Crippen LogP contribution in [0.4, 0.5) is 0 Å². The van der Waals surface area contributed by atoms with Crippen molar-refractivity contribution in [3.8, 4) is 0 Å². The van der Waals surface area contributed by atoms with Crippen molar-refractivity contribution in [1.29, 1.82) is 0 Å². The maximum absolute atomic E-state index is 6.04. The average Bonchev–Trinajstić information content (AvgIpc) is 2.21. The fourth-order valence-electron chi connectivity index (χ4n) is 1.49. The van der Waals surface area contributed by atoms with Gasteiger partial charge in [0.25, 0.3) is 0 Å². The van der Waals surface area contributed by atoms with Crippen LogP contribution in [0, 0.1) is 5.92 Å². The second-order valence-electron chi connectivity index (χ2n) is 3.21. The van der Waals surface area contributed by atoms with Gasteiger partial charge in [0.05, 0.1) is 6.04 Å². The van der Waals surface area contributed by atoms with Crippen LogP contribution in [0.5, 0.6) is 0 Å². The van der Waals surface area contributed by atoms with Crippen molar-refractivity contribution in [3.63, 3.8) is 0 Å². The first-order valence-electron chi connectivity index (χ1n) is 4.82. The van der Waals surface area contributed by atoms with Crippen LogP contribution in [0.25, 0.3) is 0 Å². The maximum Gasteiger partial charge on any atom is 0.145 e. The second-order valence-corrected chi connectivity index (χ2v) is 3.21. The summed E-state index contributed by atoms with van der Waals surface area (Å²) >= 11 is 0. The number of hydrogen-bond acceptors (Lipinski definition) is 3. The van der Waals surface area contributed by atoms with E-state index in [1.54, 1.807) is 12.4 Å². The highest BCUT2D eigenvalue weighted by Crippen LogP contribution is 2.21. The molecule has 0 aliphatic carbocycles. The Morgan fingerprint density at radius 1 is 1.23 bits per heavy atom. The molecular weight excluding hydrogens is 162 g/mol. The third-order valence-electron chi connectivity index (χ3n) is 2.44. The van der Waals surface area contributed by atoms with Crippen LogP contribution in [-0.2, 0) is 0 Å². The molecule has 2 N–H and O–H groups in total. The van der Waals surface area contributed by atoms with Gasteiger partial charge < -0.3 is 5.73 Å². The zero-order valence-corrected chi connectivity index (χ0v) is 8.27. The second kappa shape index (κ2) is 4.92. The summed E-state index contributed by atoms with van der Waals surface area (Å²) in [6, 6.07) is 1.79. The number of nitrogens with zero attached hydrogens (tertiary/aromatic N) is 2. The molecule has 0 fully saturated rings. The first kappa shape index (κ1) is 10.1. The largest absolute Gasteiger partial charge is 0.321 e. The average molecular weight is 179 g/mol. The van der Waals surface area contributed by atoms with Crippen LogP contribution in [0.2, 0.25) is 0 Å². The molecule has 1 aromatic heterocycles. The van der Waals surface area contributed by atoms with E-state index < -0.39 is 0 Å². The van der Waals surface area contributed by atoms with Crippen molar-refractivity contribution < 1.29 is 0 Å². The maximum atomic E-state index is 6.04. The molecule has 1 unspecified atom stereocenters. The fraction of sp³-hybridized carbons (Fsp3) is 0.600. The summed E-state index contributed by atoms with van der Waals surface area (Å²) in [6.07, 6.45) is 5.64. The molecular formula is C10H17N3. The summed E-state index contributed by atoms with van der Waals surface area (Å²) in [5, 5.41) is 0. The van der Waals surface area contributed by atoms with Gasteiger partial charge in [-0.3, -0.25) is 0 Å². The van der Waals surface area contributed by atoms with E-state index in [0.717, 1.165) is 18.7 Å². The molecule has 0 radical (unpaired) electrons. The summed E-state index contributed by atoms with van der Waals surface area (Å²) in [7, 11) is 0. The van der Waals surface area contributed by atoms with E-state index in [4.69, 9.17) is 5.73 Å². The van der Waals surface area contributed by atoms with Gasteiger partial charge in [-0.1, -0.05) is 26.7 Å². The van der Waals surface area contributed by atoms with Gasteiger partial charge in [0, 0.05) is 12.4 Å². The minimum Gasteiger partial charge on any atom is -0.321 e. The van der Waals surface area contributed by atoms with E-state index in [2.05, 4.69) is 23.8 Å². The van der Waals surface area contributed by atoms with Gasteiger partial charge in [0.2, 0.25) is 0 Å². The van der Waals surface area contributed by atoms with Gasteiger partial charge in [-0.05, 0) is 12.0 Å². The zero-order chi connectivity index (χ0) is 9.68. The zero-order valence-electron chi connectivity index (χ0n) is 8.27. The molecule has 72 valence electrons. The number of rotatable bonds is 4. The molecule has 0 aliphatic heterocycles. The minimum absolute atomic E-state index is 0.0174. The van der Waals surface area contributed by atoms with Crippen LogP contribution in [0.3, 0.4) is 0 Å². The molecule has 3 nitrogen and oxygen atoms in total. The van der Waals surface area contributed by atoms with E-state index in [1.165, 1.54) is 0 Å². The highest BCUT2D eigenvalue weighted by molar-refractivity contribution is 4.96. The van der Waals surface area contributed by atoms with Gasteiger partial charge in [-0.2, -0.15) is 0 Å². The van der Waals surface area contributed by atoms with Crippen LogP contribution >= 0.6 is 0 Å². The quantitative estimate of drug-likeness (QED) is 0.768. The van der Waals surface area contributed by atoms with Crippen LogP contribution in [0.15, 0.2) is 18.5 Å². The number of aromatic nitrogens is 2. The van der Waals surface area contributed by atoms with E-state index in [-0.39, 0.29) is 6.04 Å². The molecule has 3 heteroatoms. The molecule has 13 heavy (non-hydrogen) atoms. The number of nitrogens with two attached hydrogens (primary N) is 1. The molecule has 0 saturated heterocycles. The predicted molar refractivity (Wildman–Crippen MR) is 53.0 cm³/mol. The Hall–Kier alpha value is -0.960. The highest BCUT2D eigenvalue weighted by atomic mass is 14.9. The van der Waals surface area contributed by atoms with Crippen molar-refractivity contribution in [2.45, 2.75) is 32.7 Å². The fourth-order valence-corrected chi connectivity index (χ4v) is 1.49. The molecule has 1 heterocycles. The van der Waals surface area contributed by atoms with Crippen LogP contribution in [0.1, 0.15) is 38.6 Å². The Morgan fingerprint density at radius 2 is 1.77 bits per heavy atom. The Kier molecular flexibility index (Phi) is 3.83. The molecule has 0 bridgehead atoms. The van der Waals surface area contributed by atoms with Gasteiger partial charge in [-0.25, -0.2) is 9.97 Å². The Bertz CT molecular complexity index is 231. The van der Waals surface area contributed by atoms with Crippen LogP contribution in [-0.4, -0.2) is 9.97 Å². The summed E-state index contributed by atoms with van der Waals surface area (Å²) in [6.45, 7) is 4.30. The van der Waals surface area contributed by atoms with Crippen molar-refractivity contribution >= 4 is 0 Å². The third-order valence-corrected chi connectivity index (χ3v) is 2.44. The Morgan fingerprint density at radius 3 is 2.23 bits per heavy atom. The van der Waals surface area contributed by atoms with Gasteiger partial charge in [0.1, 0.15) is 5.82 Å². The predicted octanol–water partition coefficient (Wildman–Crippen LogP) is 1.91. The lowest BCUT2D eigenvalue weighted by Crippen LogP contribution is -2.22. The lowest BCUT2D eigenvalue weighted by atomic mass is 9.94. The minimum atomic E-state index is -0.0174. The van der Waals surface area contributed by atoms with E-state index in [9.17, 15) is 0 Å². The Balaban J connectivity index is 2.72. The summed E-state index contributed by atoms with van der Waals surface area (Å²) < 4.78 is 0. The summed E-state index contributed by atoms with van der Waals surface area (Å²) in [5.41, 5.74) is 6.04. The van der Waals surface area contributed by atoms with Gasteiger partial charge in [0.15, 0.2) is 0 Å². The van der Waals surface area contributed by atoms with Crippen LogP contribution < -0.4 is 5.73 Å². The molecule has 1 atom stereocenters. The highest BCUT2D eigenvalue weighted by Gasteiger charge is 2.17. The molecule has 1 aromatic rings. The molecule has 1 rings (SSSR count). The van der Waals surface area contributed by atoms with E-state index >= 15 is 0 Å². The SMILES string of the molecule is CCC(CC)C(N)c1ncccn1. The molecule has 0 amide bonds. The lowest BCUT2D eigenvalue weighted by Gasteiger charge is -2.19. The third kappa shape index (κ3) is 2.49. The first-order chi connectivity index (χ1) is 6.29. The van der Waals surface area contributed by atoms with Gasteiger partial charge in [-0.15, -0.1) is 0 Å². The first-order valence-corrected chi connectivity index (χ1v) is 4.82. The molecule has 0 aliphatic rings. The summed E-state index contributed by atoms with van der Waals surface area (Å²) in [4.78, 5) is 8.32. The number of hydrogen-bond donors (Lipinski definition) is 1. The Labute approximate surface area is 79.4 Å². The molecule has 0 saturated carbocycles. The van der Waals surface area contributed by atoms with Crippen molar-refractivity contribution in [2.24, 2.45) is 11.7 Å².